The zero-order valence-corrected chi connectivity index (χ0v) is 31.9. The molecule has 2 atom stereocenters. The van der Waals surface area contributed by atoms with Gasteiger partial charge in [0.25, 0.3) is 0 Å². The second-order valence-corrected chi connectivity index (χ2v) is 21.7. The van der Waals surface area contributed by atoms with Crippen LogP contribution in [0.1, 0.15) is 46.0 Å². The molecule has 0 aliphatic carbocycles. The topological polar surface area (TPSA) is 154 Å². The first-order chi connectivity index (χ1) is 24.0. The van der Waals surface area contributed by atoms with E-state index in [1.807, 2.05) is 18.2 Å². The van der Waals surface area contributed by atoms with Crippen LogP contribution >= 0.6 is 32.6 Å². The van der Waals surface area contributed by atoms with E-state index in [1.165, 1.54) is 15.9 Å². The molecule has 3 aromatic rings. The summed E-state index contributed by atoms with van der Waals surface area (Å²) in [6.45, 7) is 3.24. The Balaban J connectivity index is 1.68. The monoisotopic (exact) mass is 787 g/mol. The number of nitrogens with one attached hydrogen (secondary N) is 2. The molecule has 2 unspecified atom stereocenters. The molecule has 0 fully saturated rings. The number of hydrogen-bond donors (Lipinski definition) is 3. The van der Waals surface area contributed by atoms with Crippen molar-refractivity contribution in [3.8, 4) is 0 Å². The summed E-state index contributed by atoms with van der Waals surface area (Å²) in [5.74, 6) is -2.45. The minimum Gasteiger partial charge on any atom is -0.465 e. The van der Waals surface area contributed by atoms with Gasteiger partial charge >= 0.3 is 250 Å². The van der Waals surface area contributed by atoms with Crippen molar-refractivity contribution >= 4 is 77.3 Å². The fraction of sp³-hybridized carbons (Fsp3) is 0.378. The van der Waals surface area contributed by atoms with Crippen molar-refractivity contribution in [3.05, 3.63) is 91.0 Å². The molecule has 2 amide bonds. The molecule has 0 radical (unpaired) electrons. The smallest absolute Gasteiger partial charge is 0.465 e. The van der Waals surface area contributed by atoms with Gasteiger partial charge in [0.15, 0.2) is 0 Å². The van der Waals surface area contributed by atoms with Crippen LogP contribution in [0.4, 0.5) is 0 Å². The summed E-state index contributed by atoms with van der Waals surface area (Å²) in [7, 11) is 0. The number of esters is 2. The van der Waals surface area contributed by atoms with Crippen molar-refractivity contribution in [3.63, 3.8) is 0 Å². The predicted molar refractivity (Wildman–Crippen MR) is 206 cm³/mol. The normalized spacial score (nSPS) is 13.2. The van der Waals surface area contributed by atoms with Gasteiger partial charge in [0.2, 0.25) is 0 Å². The minimum atomic E-state index is -3.12. The van der Waals surface area contributed by atoms with E-state index < -0.39 is 41.1 Å². The molecule has 270 valence electrons. The first kappa shape index (κ1) is 40.9. The molecule has 0 aliphatic heterocycles. The molecule has 4 N–H and O–H groups in total. The Hall–Kier alpha value is -3.57. The second kappa shape index (κ2) is 20.3. The van der Waals surface area contributed by atoms with Crippen LogP contribution in [0.15, 0.2) is 91.0 Å². The Bertz CT molecular complexity index is 1470. The van der Waals surface area contributed by atoms with Crippen molar-refractivity contribution in [1.29, 1.82) is 0 Å². The number of hydrogen-bond acceptors (Lipinski definition) is 9. The number of ether oxygens (including phenoxy) is 2. The van der Waals surface area contributed by atoms with Crippen LogP contribution in [0.3, 0.4) is 0 Å². The van der Waals surface area contributed by atoms with Gasteiger partial charge in [-0.25, -0.2) is 0 Å². The van der Waals surface area contributed by atoms with Crippen molar-refractivity contribution in [2.75, 3.05) is 31.7 Å². The van der Waals surface area contributed by atoms with Gasteiger partial charge in [0.1, 0.15) is 6.04 Å². The minimum absolute atomic E-state index is 0.0154. The number of thioether (sulfide) groups is 1. The van der Waals surface area contributed by atoms with Crippen LogP contribution in [0, 0.1) is 0 Å². The second-order valence-electron chi connectivity index (χ2n) is 11.6. The Kier molecular flexibility index (Phi) is 16.6. The van der Waals surface area contributed by atoms with Gasteiger partial charge in [-0.1, -0.05) is 0 Å². The van der Waals surface area contributed by atoms with Crippen molar-refractivity contribution in [1.82, 2.24) is 10.6 Å². The molecule has 10 nitrogen and oxygen atoms in total. The number of nitrogens with two attached hydrogens (primary N) is 1. The van der Waals surface area contributed by atoms with Gasteiger partial charge in [0.05, 0.1) is 13.2 Å². The molecular formula is C37H47BrN3O7PS. The Labute approximate surface area is 306 Å². The molecule has 0 heterocycles. The summed E-state index contributed by atoms with van der Waals surface area (Å²) >= 11 is 5.39. The van der Waals surface area contributed by atoms with Crippen molar-refractivity contribution in [2.24, 2.45) is 5.73 Å². The van der Waals surface area contributed by atoms with E-state index >= 15 is 0 Å². The first-order valence-electron chi connectivity index (χ1n) is 16.7. The van der Waals surface area contributed by atoms with Crippen LogP contribution < -0.4 is 32.3 Å². The fourth-order valence-electron chi connectivity index (χ4n) is 5.58. The van der Waals surface area contributed by atoms with Gasteiger partial charge < -0.3 is 15.2 Å². The van der Waals surface area contributed by atoms with Gasteiger partial charge in [-0.2, -0.15) is 0 Å². The summed E-state index contributed by atoms with van der Waals surface area (Å²) < 4.78 is 9.75. The predicted octanol–water partition coefficient (Wildman–Crippen LogP) is 4.09. The molecule has 0 spiro atoms. The molecule has 0 saturated heterocycles. The summed E-state index contributed by atoms with van der Waals surface area (Å²) in [6.07, 6.45) is 2.28. The van der Waals surface area contributed by atoms with E-state index in [0.717, 1.165) is 24.3 Å². The number of amides is 2. The standard InChI is InChI=1S/C37H47BrN3O7PS/c1-3-47-34(43)26-40-36(45)32(41-33(42)24-23-31(39)37(46)48-4-2)27-50-35(44)22-14-15-25-49(38,28-16-8-5-9-17-28,29-18-10-6-11-19-29)30-20-12-7-13-21-30/h5-13,16-21,31-32H,3-4,14-15,22-27,39H2,1-2H3,(H,40,45)(H,41,42). The number of carbonyl (C=O) groups excluding carboxylic acids is 5. The third-order valence-corrected chi connectivity index (χ3v) is 19.2. The number of carbonyl (C=O) groups is 5. The first-order valence-corrected chi connectivity index (χ1v) is 22.2. The average molecular weight is 789 g/mol. The molecule has 50 heavy (non-hydrogen) atoms. The van der Waals surface area contributed by atoms with E-state index in [4.69, 9.17) is 15.2 Å². The van der Waals surface area contributed by atoms with E-state index in [9.17, 15) is 24.0 Å². The maximum atomic E-state index is 13.1. The zero-order valence-electron chi connectivity index (χ0n) is 28.6. The fourth-order valence-corrected chi connectivity index (χ4v) is 14.2. The van der Waals surface area contributed by atoms with Crippen LogP contribution in [-0.2, 0) is 33.4 Å². The molecular weight excluding hydrogens is 741 g/mol. The number of benzene rings is 3. The van der Waals surface area contributed by atoms with Gasteiger partial charge in [-0.05, 0) is 13.8 Å². The molecule has 13 heteroatoms. The Morgan fingerprint density at radius 2 is 1.30 bits per heavy atom. The number of unbranched alkanes of at least 4 members (excludes halogenated alkanes) is 1. The van der Waals surface area contributed by atoms with E-state index in [1.54, 1.807) is 13.8 Å². The quantitative estimate of drug-likeness (QED) is 0.0874. The van der Waals surface area contributed by atoms with Crippen LogP contribution in [-0.4, -0.2) is 72.6 Å². The molecule has 3 aromatic carbocycles. The van der Waals surface area contributed by atoms with Gasteiger partial charge in [0, 0.05) is 0 Å². The average Bonchev–Trinajstić information content (AvgIpc) is 3.14. The van der Waals surface area contributed by atoms with Crippen molar-refractivity contribution in [2.45, 2.75) is 58.0 Å². The summed E-state index contributed by atoms with van der Waals surface area (Å²) in [5.41, 5.74) is 5.81. The molecule has 3 rings (SSSR count). The van der Waals surface area contributed by atoms with Gasteiger partial charge in [-0.15, -0.1) is 0 Å². The summed E-state index contributed by atoms with van der Waals surface area (Å²) in [5, 5.41) is 5.44. The van der Waals surface area contributed by atoms with Crippen molar-refractivity contribution < 1.29 is 33.4 Å². The third kappa shape index (κ3) is 11.2. The van der Waals surface area contributed by atoms with Gasteiger partial charge in [-0.3, -0.25) is 9.59 Å². The molecule has 0 bridgehead atoms. The SMILES string of the molecule is CCOC(=O)CNC(=O)C(CSC(=O)CCCCP(Br)(c1ccccc1)(c1ccccc1)c1ccccc1)NC(=O)CCC(N)C(=O)OCC. The third-order valence-electron chi connectivity index (χ3n) is 8.14. The molecule has 0 aliphatic rings. The van der Waals surface area contributed by atoms with E-state index in [2.05, 4.69) is 98.9 Å². The Morgan fingerprint density at radius 1 is 0.780 bits per heavy atom. The maximum absolute atomic E-state index is 13.1. The molecule has 0 aromatic heterocycles. The van der Waals surface area contributed by atoms with E-state index in [0.29, 0.717) is 6.42 Å². The van der Waals surface area contributed by atoms with Crippen LogP contribution in [0.5, 0.6) is 0 Å². The number of rotatable bonds is 20. The molecule has 0 saturated carbocycles. The number of halogens is 1. The van der Waals surface area contributed by atoms with Crippen LogP contribution in [0.2, 0.25) is 0 Å². The summed E-state index contributed by atoms with van der Waals surface area (Å²) in [6, 6.07) is 29.2. The Morgan fingerprint density at radius 3 is 1.80 bits per heavy atom. The summed E-state index contributed by atoms with van der Waals surface area (Å²) in [4.78, 5) is 62.5. The van der Waals surface area contributed by atoms with E-state index in [-0.39, 0.29) is 49.9 Å². The zero-order chi connectivity index (χ0) is 36.4. The van der Waals surface area contributed by atoms with Crippen LogP contribution in [0.25, 0.3) is 0 Å².